The van der Waals surface area contributed by atoms with Gasteiger partial charge in [0.25, 0.3) is 0 Å². The van der Waals surface area contributed by atoms with Gasteiger partial charge in [-0.1, -0.05) is 0 Å². The summed E-state index contributed by atoms with van der Waals surface area (Å²) in [6, 6.07) is 1.95. The molecular formula is C21H20F8N2O3. The van der Waals surface area contributed by atoms with Gasteiger partial charge in [-0.05, 0) is 38.5 Å². The van der Waals surface area contributed by atoms with Crippen molar-refractivity contribution in [3.05, 3.63) is 34.9 Å². The highest BCUT2D eigenvalue weighted by molar-refractivity contribution is 5.92. The van der Waals surface area contributed by atoms with Crippen molar-refractivity contribution < 1.29 is 49.4 Å². The Kier molecular flexibility index (Phi) is 6.15. The molecule has 0 N–H and O–H groups in total. The number of amides is 2. The molecule has 2 aliphatic rings. The largest absolute Gasteiger partial charge is 0.483 e. The van der Waals surface area contributed by atoms with E-state index >= 15 is 0 Å². The van der Waals surface area contributed by atoms with Crippen LogP contribution in [0.2, 0.25) is 0 Å². The molecule has 2 amide bonds. The summed E-state index contributed by atoms with van der Waals surface area (Å²) in [6.45, 7) is 2.19. The molecule has 0 radical (unpaired) electrons. The normalized spacial score (nSPS) is 18.7. The molecule has 1 aromatic rings. The summed E-state index contributed by atoms with van der Waals surface area (Å²) in [5.74, 6) is -8.06. The van der Waals surface area contributed by atoms with Crippen LogP contribution in [0.5, 0.6) is 5.75 Å². The van der Waals surface area contributed by atoms with Crippen molar-refractivity contribution >= 4 is 17.5 Å². The Morgan fingerprint density at radius 3 is 2.24 bits per heavy atom. The van der Waals surface area contributed by atoms with E-state index in [0.29, 0.717) is 23.5 Å². The number of hydrogen-bond acceptors (Lipinski definition) is 3. The van der Waals surface area contributed by atoms with Crippen LogP contribution in [0.4, 0.5) is 35.1 Å². The maximum atomic E-state index is 14.1. The van der Waals surface area contributed by atoms with E-state index in [2.05, 4.69) is 0 Å². The summed E-state index contributed by atoms with van der Waals surface area (Å²) in [7, 11) is 0.853. The van der Waals surface area contributed by atoms with E-state index in [1.165, 1.54) is 13.8 Å². The third-order valence-electron chi connectivity index (χ3n) is 5.66. The molecule has 0 unspecified atom stereocenters. The van der Waals surface area contributed by atoms with Crippen LogP contribution in [0.25, 0.3) is 5.70 Å². The average molecular weight is 500 g/mol. The van der Waals surface area contributed by atoms with Gasteiger partial charge in [0, 0.05) is 43.3 Å². The fraction of sp³-hybridized carbons (Fsp3) is 0.524. The number of alkyl halides is 8. The minimum Gasteiger partial charge on any atom is -0.483 e. The van der Waals surface area contributed by atoms with Gasteiger partial charge in [0.2, 0.25) is 5.91 Å². The Hall–Kier alpha value is -2.86. The summed E-state index contributed by atoms with van der Waals surface area (Å²) in [4.78, 5) is 25.7. The topological polar surface area (TPSA) is 49.9 Å². The summed E-state index contributed by atoms with van der Waals surface area (Å²) in [6.07, 6.45) is -10.7. The smallest absolute Gasteiger partial charge is 0.471 e. The number of nitrogens with zero attached hydrogens (tertiary/aromatic N) is 2. The van der Waals surface area contributed by atoms with Crippen LogP contribution in [-0.4, -0.2) is 59.7 Å². The second-order valence-electron chi connectivity index (χ2n) is 8.53. The fourth-order valence-corrected chi connectivity index (χ4v) is 3.93. The Bertz CT molecular complexity index is 1040. The zero-order valence-corrected chi connectivity index (χ0v) is 18.2. The Labute approximate surface area is 188 Å². The van der Waals surface area contributed by atoms with Gasteiger partial charge in [-0.25, -0.2) is 0 Å². The van der Waals surface area contributed by atoms with Crippen LogP contribution in [0.3, 0.4) is 0 Å². The highest BCUT2D eigenvalue weighted by atomic mass is 19.4. The lowest BCUT2D eigenvalue weighted by molar-refractivity contribution is -0.289. The molecule has 2 heterocycles. The van der Waals surface area contributed by atoms with Crippen LogP contribution < -0.4 is 4.74 Å². The molecule has 0 atom stereocenters. The molecule has 34 heavy (non-hydrogen) atoms. The van der Waals surface area contributed by atoms with E-state index in [1.54, 1.807) is 0 Å². The van der Waals surface area contributed by atoms with Crippen LogP contribution in [0, 0.1) is 0 Å². The number of ether oxygens (including phenoxy) is 1. The average Bonchev–Trinajstić information content (AvgIpc) is 3.11. The van der Waals surface area contributed by atoms with Crippen LogP contribution in [0.1, 0.15) is 37.8 Å². The van der Waals surface area contributed by atoms with Crippen molar-refractivity contribution in [2.24, 2.45) is 0 Å². The third kappa shape index (κ3) is 4.43. The van der Waals surface area contributed by atoms with Crippen molar-refractivity contribution in [2.75, 3.05) is 20.1 Å². The number of fused-ring (bicyclic) bond motifs is 1. The standard InChI is InChI=1S/C21H20F8N2O3/c1-18(2)13(10-30(3)17(33)20(24,25)26)16(31-8-4-5-15(31)32)12-9-11(6-7-14(12)34-18)19(22,23)21(27,28)29/h6-7,9H,4-5,8,10H2,1-3H3. The first-order valence-corrected chi connectivity index (χ1v) is 10.0. The molecule has 0 spiro atoms. The van der Waals surface area contributed by atoms with Gasteiger partial charge in [-0.15, -0.1) is 0 Å². The van der Waals surface area contributed by atoms with Crippen LogP contribution in [0.15, 0.2) is 23.8 Å². The van der Waals surface area contributed by atoms with Crippen LogP contribution >= 0.6 is 0 Å². The Morgan fingerprint density at radius 1 is 1.12 bits per heavy atom. The quantitative estimate of drug-likeness (QED) is 0.555. The van der Waals surface area contributed by atoms with E-state index in [1.807, 2.05) is 0 Å². The van der Waals surface area contributed by atoms with Crippen molar-refractivity contribution in [2.45, 2.75) is 50.6 Å². The predicted molar refractivity (Wildman–Crippen MR) is 103 cm³/mol. The fourth-order valence-electron chi connectivity index (χ4n) is 3.93. The maximum absolute atomic E-state index is 14.1. The van der Waals surface area contributed by atoms with Crippen molar-refractivity contribution in [1.82, 2.24) is 9.80 Å². The zero-order chi connectivity index (χ0) is 25.9. The predicted octanol–water partition coefficient (Wildman–Crippen LogP) is 4.87. The molecule has 0 saturated carbocycles. The zero-order valence-electron chi connectivity index (χ0n) is 18.2. The molecule has 1 fully saturated rings. The third-order valence-corrected chi connectivity index (χ3v) is 5.66. The number of benzene rings is 1. The first kappa shape index (κ1) is 25.8. The van der Waals surface area contributed by atoms with Crippen molar-refractivity contribution in [1.29, 1.82) is 0 Å². The summed E-state index contributed by atoms with van der Waals surface area (Å²) >= 11 is 0. The molecule has 1 aromatic carbocycles. The monoisotopic (exact) mass is 500 g/mol. The first-order chi connectivity index (χ1) is 15.4. The summed E-state index contributed by atoms with van der Waals surface area (Å²) < 4.78 is 112. The number of hydrogen-bond donors (Lipinski definition) is 0. The molecule has 2 aliphatic heterocycles. The molecule has 5 nitrogen and oxygen atoms in total. The van der Waals surface area contributed by atoms with Crippen molar-refractivity contribution in [3.8, 4) is 5.75 Å². The van der Waals surface area contributed by atoms with Crippen LogP contribution in [-0.2, 0) is 15.5 Å². The Balaban J connectivity index is 2.24. The molecule has 1 saturated heterocycles. The van der Waals surface area contributed by atoms with E-state index in [-0.39, 0.29) is 35.5 Å². The van der Waals surface area contributed by atoms with Gasteiger partial charge in [-0.3, -0.25) is 9.59 Å². The number of halogens is 8. The SMILES string of the molecule is CN(CC1=C(N2CCCC2=O)c2cc(C(F)(F)C(F)(F)F)ccc2OC1(C)C)C(=O)C(F)(F)F. The van der Waals surface area contributed by atoms with Gasteiger partial charge >= 0.3 is 24.2 Å². The first-order valence-electron chi connectivity index (χ1n) is 10.0. The van der Waals surface area contributed by atoms with Gasteiger partial charge in [0.1, 0.15) is 11.4 Å². The number of carbonyl (C=O) groups is 2. The highest BCUT2D eigenvalue weighted by Gasteiger charge is 2.59. The number of rotatable bonds is 4. The number of likely N-dealkylation sites (N-methyl/N-ethyl adjacent to an activating group) is 1. The van der Waals surface area contributed by atoms with Gasteiger partial charge in [0.15, 0.2) is 0 Å². The number of likely N-dealkylation sites (tertiary alicyclic amines) is 1. The van der Waals surface area contributed by atoms with Gasteiger partial charge in [-0.2, -0.15) is 35.1 Å². The molecule has 13 heteroatoms. The molecule has 0 aromatic heterocycles. The van der Waals surface area contributed by atoms with E-state index in [4.69, 9.17) is 4.74 Å². The van der Waals surface area contributed by atoms with Gasteiger partial charge in [0.05, 0.1) is 5.70 Å². The van der Waals surface area contributed by atoms with E-state index in [9.17, 15) is 44.7 Å². The lowest BCUT2D eigenvalue weighted by atomic mass is 9.87. The van der Waals surface area contributed by atoms with Gasteiger partial charge < -0.3 is 14.5 Å². The lowest BCUT2D eigenvalue weighted by Gasteiger charge is -2.41. The summed E-state index contributed by atoms with van der Waals surface area (Å²) in [5, 5.41) is 0. The molecule has 3 rings (SSSR count). The molecule has 0 aliphatic carbocycles. The van der Waals surface area contributed by atoms with E-state index in [0.717, 1.165) is 18.0 Å². The molecular weight excluding hydrogens is 480 g/mol. The highest BCUT2D eigenvalue weighted by Crippen LogP contribution is 2.49. The minimum absolute atomic E-state index is 0.0448. The lowest BCUT2D eigenvalue weighted by Crippen LogP contribution is -2.46. The van der Waals surface area contributed by atoms with Crippen molar-refractivity contribution in [3.63, 3.8) is 0 Å². The van der Waals surface area contributed by atoms with E-state index < -0.39 is 47.8 Å². The molecule has 188 valence electrons. The minimum atomic E-state index is -5.91. The second kappa shape index (κ2) is 8.12. The second-order valence-corrected chi connectivity index (χ2v) is 8.53. The molecule has 0 bridgehead atoms. The number of carbonyl (C=O) groups excluding carboxylic acids is 2. The maximum Gasteiger partial charge on any atom is 0.471 e. The summed E-state index contributed by atoms with van der Waals surface area (Å²) in [5.41, 5.74) is -3.36. The Morgan fingerprint density at radius 2 is 1.74 bits per heavy atom.